The van der Waals surface area contributed by atoms with Crippen molar-refractivity contribution in [2.45, 2.75) is 9.79 Å². The number of hydrogen-bond acceptors (Lipinski definition) is 4. The summed E-state index contributed by atoms with van der Waals surface area (Å²) in [6.45, 7) is 0. The van der Waals surface area contributed by atoms with Gasteiger partial charge in [0.1, 0.15) is 5.75 Å². The number of fused-ring (bicyclic) bond motifs is 2. The van der Waals surface area contributed by atoms with Crippen molar-refractivity contribution in [3.8, 4) is 5.75 Å². The Bertz CT molecular complexity index is 707. The monoisotopic (exact) mass is 247 g/mol. The summed E-state index contributed by atoms with van der Waals surface area (Å²) in [4.78, 5) is 0.342. The van der Waals surface area contributed by atoms with Gasteiger partial charge >= 0.3 is 0 Å². The summed E-state index contributed by atoms with van der Waals surface area (Å²) >= 11 is 0. The molecule has 0 saturated heterocycles. The Morgan fingerprint density at radius 2 is 1.65 bits per heavy atom. The number of rotatable bonds is 0. The summed E-state index contributed by atoms with van der Waals surface area (Å²) in [6, 6.07) is 11.0. The van der Waals surface area contributed by atoms with Gasteiger partial charge in [-0.15, -0.1) is 0 Å². The zero-order valence-electron chi connectivity index (χ0n) is 8.71. The first-order valence-electron chi connectivity index (χ1n) is 5.03. The molecule has 2 aromatic rings. The van der Waals surface area contributed by atoms with Gasteiger partial charge < -0.3 is 10.4 Å². The lowest BCUT2D eigenvalue weighted by atomic mass is 10.2. The molecule has 2 N–H and O–H groups in total. The Balaban J connectivity index is 2.36. The van der Waals surface area contributed by atoms with E-state index in [4.69, 9.17) is 0 Å². The van der Waals surface area contributed by atoms with Gasteiger partial charge in [0.2, 0.25) is 9.84 Å². The first kappa shape index (κ1) is 10.2. The molecule has 86 valence electrons. The van der Waals surface area contributed by atoms with Gasteiger partial charge in [-0.1, -0.05) is 12.1 Å². The molecule has 0 aliphatic carbocycles. The molecule has 0 bridgehead atoms. The minimum atomic E-state index is -3.55. The third-order valence-electron chi connectivity index (χ3n) is 2.70. The molecule has 1 aliphatic heterocycles. The van der Waals surface area contributed by atoms with Crippen LogP contribution < -0.4 is 5.32 Å². The Morgan fingerprint density at radius 3 is 2.47 bits per heavy atom. The van der Waals surface area contributed by atoms with E-state index in [0.29, 0.717) is 11.4 Å². The van der Waals surface area contributed by atoms with E-state index < -0.39 is 9.84 Å². The Hall–Kier alpha value is -2.01. The second-order valence-electron chi connectivity index (χ2n) is 3.81. The molecular weight excluding hydrogens is 238 g/mol. The van der Waals surface area contributed by atoms with Gasteiger partial charge in [0.05, 0.1) is 21.2 Å². The average Bonchev–Trinajstić information content (AvgIpc) is 2.31. The van der Waals surface area contributed by atoms with Crippen molar-refractivity contribution >= 4 is 21.2 Å². The van der Waals surface area contributed by atoms with Crippen LogP contribution in [0.15, 0.2) is 52.3 Å². The molecule has 4 nitrogen and oxygen atoms in total. The number of nitrogens with one attached hydrogen (secondary N) is 1. The van der Waals surface area contributed by atoms with Gasteiger partial charge in [-0.2, -0.15) is 0 Å². The molecule has 0 spiro atoms. The molecule has 1 heterocycles. The summed E-state index contributed by atoms with van der Waals surface area (Å²) in [5, 5.41) is 12.4. The fourth-order valence-electron chi connectivity index (χ4n) is 1.90. The molecule has 0 amide bonds. The molecule has 0 unspecified atom stereocenters. The average molecular weight is 247 g/mol. The van der Waals surface area contributed by atoms with E-state index >= 15 is 0 Å². The van der Waals surface area contributed by atoms with Crippen LogP contribution in [0.4, 0.5) is 11.4 Å². The van der Waals surface area contributed by atoms with Gasteiger partial charge in [0, 0.05) is 6.07 Å². The van der Waals surface area contributed by atoms with E-state index in [0.717, 1.165) is 0 Å². The Morgan fingerprint density at radius 1 is 0.941 bits per heavy atom. The van der Waals surface area contributed by atoms with Gasteiger partial charge in [0.25, 0.3) is 0 Å². The maximum Gasteiger partial charge on any atom is 0.210 e. The molecule has 17 heavy (non-hydrogen) atoms. The quantitative estimate of drug-likeness (QED) is 0.598. The molecule has 0 radical (unpaired) electrons. The highest BCUT2D eigenvalue weighted by atomic mass is 32.2. The van der Waals surface area contributed by atoms with Crippen LogP contribution in [0.1, 0.15) is 0 Å². The van der Waals surface area contributed by atoms with E-state index in [1.54, 1.807) is 30.3 Å². The van der Waals surface area contributed by atoms with Gasteiger partial charge in [-0.3, -0.25) is 0 Å². The lowest BCUT2D eigenvalue weighted by Gasteiger charge is -2.21. The Labute approximate surface area is 98.5 Å². The molecule has 0 aromatic heterocycles. The minimum absolute atomic E-state index is 0.0616. The molecule has 3 rings (SSSR count). The smallest absolute Gasteiger partial charge is 0.210 e. The maximum absolute atomic E-state index is 12.3. The lowest BCUT2D eigenvalue weighted by Crippen LogP contribution is -2.13. The van der Waals surface area contributed by atoms with Crippen LogP contribution in [0.5, 0.6) is 5.75 Å². The number of aromatic hydroxyl groups is 1. The summed E-state index contributed by atoms with van der Waals surface area (Å²) < 4.78 is 24.6. The molecule has 0 saturated carbocycles. The molecule has 5 heteroatoms. The van der Waals surface area contributed by atoms with Gasteiger partial charge in [-0.05, 0) is 24.3 Å². The van der Waals surface area contributed by atoms with Crippen molar-refractivity contribution in [1.82, 2.24) is 0 Å². The topological polar surface area (TPSA) is 66.4 Å². The van der Waals surface area contributed by atoms with Crippen molar-refractivity contribution in [1.29, 1.82) is 0 Å². The molecular formula is C12H9NO3S. The highest BCUT2D eigenvalue weighted by Gasteiger charge is 2.29. The van der Waals surface area contributed by atoms with Crippen molar-refractivity contribution < 1.29 is 13.5 Å². The zero-order valence-corrected chi connectivity index (χ0v) is 9.53. The number of hydrogen-bond donors (Lipinski definition) is 2. The SMILES string of the molecule is O=S1(=O)c2ccccc2Nc2ccc(O)cc21. The second kappa shape index (κ2) is 3.24. The summed E-state index contributed by atoms with van der Waals surface area (Å²) in [5.41, 5.74) is 1.05. The maximum atomic E-state index is 12.3. The number of anilines is 2. The minimum Gasteiger partial charge on any atom is -0.508 e. The third kappa shape index (κ3) is 1.39. The van der Waals surface area contributed by atoms with Crippen LogP contribution in [0, 0.1) is 0 Å². The number of para-hydroxylation sites is 1. The molecule has 2 aromatic carbocycles. The highest BCUT2D eigenvalue weighted by Crippen LogP contribution is 2.40. The predicted molar refractivity (Wildman–Crippen MR) is 63.3 cm³/mol. The molecule has 0 atom stereocenters. The zero-order chi connectivity index (χ0) is 12.0. The summed E-state index contributed by atoms with van der Waals surface area (Å²) in [6.07, 6.45) is 0. The Kier molecular flexibility index (Phi) is 1.94. The van der Waals surface area contributed by atoms with E-state index in [1.165, 1.54) is 12.1 Å². The normalized spacial score (nSPS) is 15.5. The fraction of sp³-hybridized carbons (Fsp3) is 0. The second-order valence-corrected chi connectivity index (χ2v) is 5.69. The van der Waals surface area contributed by atoms with Crippen molar-refractivity contribution in [2.75, 3.05) is 5.32 Å². The lowest BCUT2D eigenvalue weighted by molar-refractivity contribution is 0.473. The van der Waals surface area contributed by atoms with Crippen LogP contribution in [-0.4, -0.2) is 13.5 Å². The van der Waals surface area contributed by atoms with Crippen LogP contribution in [0.3, 0.4) is 0 Å². The van der Waals surface area contributed by atoms with Gasteiger partial charge in [-0.25, -0.2) is 8.42 Å². The molecule has 0 fully saturated rings. The molecule has 1 aliphatic rings. The van der Waals surface area contributed by atoms with Crippen LogP contribution in [0.2, 0.25) is 0 Å². The summed E-state index contributed by atoms with van der Waals surface area (Å²) in [5.74, 6) is -0.0616. The van der Waals surface area contributed by atoms with E-state index in [9.17, 15) is 13.5 Å². The third-order valence-corrected chi connectivity index (χ3v) is 4.55. The van der Waals surface area contributed by atoms with E-state index in [-0.39, 0.29) is 15.5 Å². The standard InChI is InChI=1S/C12H9NO3S/c14-8-5-6-10-12(7-8)17(15,16)11-4-2-1-3-9(11)13-10/h1-7,13-14H. The highest BCUT2D eigenvalue weighted by molar-refractivity contribution is 7.92. The van der Waals surface area contributed by atoms with Crippen LogP contribution in [0.25, 0.3) is 0 Å². The van der Waals surface area contributed by atoms with Crippen LogP contribution >= 0.6 is 0 Å². The van der Waals surface area contributed by atoms with Crippen molar-refractivity contribution in [2.24, 2.45) is 0 Å². The largest absolute Gasteiger partial charge is 0.508 e. The fourth-order valence-corrected chi connectivity index (χ4v) is 3.49. The van der Waals surface area contributed by atoms with E-state index in [1.807, 2.05) is 0 Å². The van der Waals surface area contributed by atoms with Crippen LogP contribution in [-0.2, 0) is 9.84 Å². The summed E-state index contributed by atoms with van der Waals surface area (Å²) in [7, 11) is -3.55. The number of phenols is 1. The first-order chi connectivity index (χ1) is 8.09. The van der Waals surface area contributed by atoms with Crippen molar-refractivity contribution in [3.63, 3.8) is 0 Å². The van der Waals surface area contributed by atoms with E-state index in [2.05, 4.69) is 5.32 Å². The predicted octanol–water partition coefficient (Wildman–Crippen LogP) is 2.28. The number of phenolic OH excluding ortho intramolecular Hbond substituents is 1. The number of benzene rings is 2. The van der Waals surface area contributed by atoms with Gasteiger partial charge in [0.15, 0.2) is 0 Å². The number of sulfone groups is 1. The van der Waals surface area contributed by atoms with Crippen molar-refractivity contribution in [3.05, 3.63) is 42.5 Å². The first-order valence-corrected chi connectivity index (χ1v) is 6.51.